The van der Waals surface area contributed by atoms with Crippen LogP contribution in [0.2, 0.25) is 0 Å². The fourth-order valence-electron chi connectivity index (χ4n) is 3.65. The summed E-state index contributed by atoms with van der Waals surface area (Å²) in [7, 11) is 0. The Morgan fingerprint density at radius 3 is 2.54 bits per heavy atom. The van der Waals surface area contributed by atoms with Gasteiger partial charge in [0.1, 0.15) is 23.1 Å². The lowest BCUT2D eigenvalue weighted by molar-refractivity contribution is -0.121. The average Bonchev–Trinajstić information content (AvgIpc) is 3.50. The molecule has 2 aromatic carbocycles. The maximum atomic E-state index is 13.3. The van der Waals surface area contributed by atoms with Gasteiger partial charge in [-0.15, -0.1) is 0 Å². The fraction of sp³-hybridized carbons (Fsp3) is 0.304. The molecule has 144 valence electrons. The fourth-order valence-corrected chi connectivity index (χ4v) is 3.65. The zero-order valence-corrected chi connectivity index (χ0v) is 16.0. The van der Waals surface area contributed by atoms with E-state index in [1.807, 2.05) is 56.3 Å². The van der Waals surface area contributed by atoms with Crippen molar-refractivity contribution in [1.82, 2.24) is 0 Å². The molecule has 1 aliphatic heterocycles. The van der Waals surface area contributed by atoms with Crippen LogP contribution >= 0.6 is 0 Å². The van der Waals surface area contributed by atoms with Crippen molar-refractivity contribution in [1.29, 1.82) is 0 Å². The number of aliphatic hydroxyl groups excluding tert-OH is 1. The molecule has 4 rings (SSSR count). The number of anilines is 1. The van der Waals surface area contributed by atoms with Crippen LogP contribution in [-0.2, 0) is 9.59 Å². The van der Waals surface area contributed by atoms with E-state index < -0.39 is 11.9 Å². The van der Waals surface area contributed by atoms with E-state index in [1.165, 1.54) is 4.90 Å². The van der Waals surface area contributed by atoms with E-state index in [0.29, 0.717) is 18.0 Å². The minimum absolute atomic E-state index is 0.0742. The number of hydrogen-bond donors (Lipinski definition) is 1. The van der Waals surface area contributed by atoms with Gasteiger partial charge in [-0.3, -0.25) is 14.5 Å². The summed E-state index contributed by atoms with van der Waals surface area (Å²) >= 11 is 0. The van der Waals surface area contributed by atoms with Gasteiger partial charge < -0.3 is 9.84 Å². The van der Waals surface area contributed by atoms with Crippen molar-refractivity contribution in [2.75, 3.05) is 11.5 Å². The Bertz CT molecular complexity index is 960. The number of Topliss-reactive ketones (excluding diaryl/α,β-unsaturated/α-hetero) is 1. The standard InChI is InChI=1S/C23H23NO4/c1-3-28-18-13-17(12-9-14(18)2)24-20(15-7-5-4-6-8-15)22(26)19(23(24)27)21(25)16-10-11-16/h4-9,12-13,16,20,26H,3,10-11H2,1-2H3. The lowest BCUT2D eigenvalue weighted by atomic mass is 10.0. The second-order valence-corrected chi connectivity index (χ2v) is 7.27. The van der Waals surface area contributed by atoms with Crippen molar-refractivity contribution in [2.45, 2.75) is 32.7 Å². The molecule has 2 aliphatic rings. The number of rotatable bonds is 6. The number of aryl methyl sites for hydroxylation is 1. The Morgan fingerprint density at radius 2 is 1.89 bits per heavy atom. The Labute approximate surface area is 164 Å². The van der Waals surface area contributed by atoms with Crippen LogP contribution in [0.1, 0.15) is 36.9 Å². The van der Waals surface area contributed by atoms with Gasteiger partial charge in [-0.25, -0.2) is 0 Å². The molecule has 2 aromatic rings. The van der Waals surface area contributed by atoms with Gasteiger partial charge in [0.05, 0.1) is 6.61 Å². The smallest absolute Gasteiger partial charge is 0.266 e. The molecule has 1 fully saturated rings. The SMILES string of the molecule is CCOc1cc(N2C(=O)C(C(=O)C3CC3)=C(O)C2c2ccccc2)ccc1C. The van der Waals surface area contributed by atoms with Gasteiger partial charge in [0.25, 0.3) is 5.91 Å². The first-order valence-corrected chi connectivity index (χ1v) is 9.62. The molecular formula is C23H23NO4. The molecule has 0 radical (unpaired) electrons. The Kier molecular flexibility index (Phi) is 4.67. The first kappa shape index (κ1) is 18.3. The largest absolute Gasteiger partial charge is 0.509 e. The molecule has 0 bridgehead atoms. The number of hydrogen-bond acceptors (Lipinski definition) is 4. The van der Waals surface area contributed by atoms with Crippen LogP contribution in [0.3, 0.4) is 0 Å². The van der Waals surface area contributed by atoms with E-state index in [2.05, 4.69) is 0 Å². The van der Waals surface area contributed by atoms with Gasteiger partial charge in [0.15, 0.2) is 5.78 Å². The molecule has 1 heterocycles. The molecule has 28 heavy (non-hydrogen) atoms. The van der Waals surface area contributed by atoms with E-state index in [0.717, 1.165) is 24.0 Å². The zero-order chi connectivity index (χ0) is 19.8. The number of carbonyl (C=O) groups is 2. The van der Waals surface area contributed by atoms with Crippen LogP contribution in [-0.4, -0.2) is 23.4 Å². The first-order valence-electron chi connectivity index (χ1n) is 9.62. The van der Waals surface area contributed by atoms with Crippen molar-refractivity contribution in [3.63, 3.8) is 0 Å². The number of ketones is 1. The number of carbonyl (C=O) groups excluding carboxylic acids is 2. The van der Waals surface area contributed by atoms with Crippen molar-refractivity contribution in [3.05, 3.63) is 71.0 Å². The maximum Gasteiger partial charge on any atom is 0.266 e. The molecule has 5 nitrogen and oxygen atoms in total. The van der Waals surface area contributed by atoms with E-state index in [9.17, 15) is 14.7 Å². The molecule has 1 amide bonds. The summed E-state index contributed by atoms with van der Waals surface area (Å²) < 4.78 is 5.68. The highest BCUT2D eigenvalue weighted by Gasteiger charge is 2.47. The third kappa shape index (κ3) is 3.07. The number of nitrogens with zero attached hydrogens (tertiary/aromatic N) is 1. The number of amides is 1. The third-order valence-electron chi connectivity index (χ3n) is 5.27. The molecule has 0 spiro atoms. The minimum Gasteiger partial charge on any atom is -0.509 e. The van der Waals surface area contributed by atoms with Gasteiger partial charge in [-0.1, -0.05) is 36.4 Å². The van der Waals surface area contributed by atoms with Crippen molar-refractivity contribution in [2.24, 2.45) is 5.92 Å². The summed E-state index contributed by atoms with van der Waals surface area (Å²) in [6, 6.07) is 14.1. The van der Waals surface area contributed by atoms with Crippen LogP contribution in [0.4, 0.5) is 5.69 Å². The highest BCUT2D eigenvalue weighted by Crippen LogP contribution is 2.44. The molecule has 0 aromatic heterocycles. The first-order chi connectivity index (χ1) is 13.5. The van der Waals surface area contributed by atoms with Gasteiger partial charge in [0.2, 0.25) is 0 Å². The van der Waals surface area contributed by atoms with Crippen molar-refractivity contribution >= 4 is 17.4 Å². The second kappa shape index (κ2) is 7.15. The van der Waals surface area contributed by atoms with Crippen LogP contribution < -0.4 is 9.64 Å². The minimum atomic E-state index is -0.719. The molecule has 1 atom stereocenters. The predicted octanol–water partition coefficient (Wildman–Crippen LogP) is 4.27. The molecule has 1 saturated carbocycles. The Balaban J connectivity index is 1.82. The van der Waals surface area contributed by atoms with Crippen LogP contribution in [0.25, 0.3) is 0 Å². The van der Waals surface area contributed by atoms with E-state index in [4.69, 9.17) is 4.74 Å². The topological polar surface area (TPSA) is 66.8 Å². The quantitative estimate of drug-likeness (QED) is 0.764. The maximum absolute atomic E-state index is 13.3. The highest BCUT2D eigenvalue weighted by molar-refractivity contribution is 6.28. The Morgan fingerprint density at radius 1 is 1.18 bits per heavy atom. The third-order valence-corrected chi connectivity index (χ3v) is 5.27. The van der Waals surface area contributed by atoms with Gasteiger partial charge in [-0.05, 0) is 43.9 Å². The summed E-state index contributed by atoms with van der Waals surface area (Å²) in [5.41, 5.74) is 2.23. The van der Waals surface area contributed by atoms with Gasteiger partial charge >= 0.3 is 0 Å². The number of aliphatic hydroxyl groups is 1. The van der Waals surface area contributed by atoms with E-state index >= 15 is 0 Å². The summed E-state index contributed by atoms with van der Waals surface area (Å²) in [6.07, 6.45) is 1.55. The average molecular weight is 377 g/mol. The zero-order valence-electron chi connectivity index (χ0n) is 16.0. The van der Waals surface area contributed by atoms with Crippen molar-refractivity contribution < 1.29 is 19.4 Å². The molecule has 5 heteroatoms. The van der Waals surface area contributed by atoms with E-state index in [1.54, 1.807) is 6.07 Å². The second-order valence-electron chi connectivity index (χ2n) is 7.27. The van der Waals surface area contributed by atoms with Crippen LogP contribution in [0, 0.1) is 12.8 Å². The Hall–Kier alpha value is -3.08. The molecular weight excluding hydrogens is 354 g/mol. The normalized spacial score (nSPS) is 19.3. The highest BCUT2D eigenvalue weighted by atomic mass is 16.5. The number of benzene rings is 2. The summed E-state index contributed by atoms with van der Waals surface area (Å²) in [6.45, 7) is 4.35. The van der Waals surface area contributed by atoms with Crippen LogP contribution in [0.5, 0.6) is 5.75 Å². The number of ether oxygens (including phenoxy) is 1. The molecule has 1 aliphatic carbocycles. The van der Waals surface area contributed by atoms with Crippen LogP contribution in [0.15, 0.2) is 59.9 Å². The lowest BCUT2D eigenvalue weighted by Crippen LogP contribution is -2.31. The van der Waals surface area contributed by atoms with Gasteiger partial charge in [-0.2, -0.15) is 0 Å². The lowest BCUT2D eigenvalue weighted by Gasteiger charge is -2.26. The molecule has 1 unspecified atom stereocenters. The summed E-state index contributed by atoms with van der Waals surface area (Å²) in [4.78, 5) is 27.5. The molecule has 1 N–H and O–H groups in total. The molecule has 0 saturated heterocycles. The monoisotopic (exact) mass is 377 g/mol. The summed E-state index contributed by atoms with van der Waals surface area (Å²) in [5.74, 6) is -0.320. The van der Waals surface area contributed by atoms with E-state index in [-0.39, 0.29) is 23.0 Å². The summed E-state index contributed by atoms with van der Waals surface area (Å²) in [5, 5.41) is 10.9. The predicted molar refractivity (Wildman–Crippen MR) is 106 cm³/mol. The van der Waals surface area contributed by atoms with Gasteiger partial charge in [0, 0.05) is 17.7 Å². The van der Waals surface area contributed by atoms with Crippen molar-refractivity contribution in [3.8, 4) is 5.75 Å².